The van der Waals surface area contributed by atoms with Gasteiger partial charge in [0.15, 0.2) is 0 Å². The molecule has 1 aromatic heterocycles. The van der Waals surface area contributed by atoms with E-state index in [9.17, 15) is 4.79 Å². The Morgan fingerprint density at radius 3 is 2.88 bits per heavy atom. The molecule has 0 bridgehead atoms. The number of aromatic nitrogens is 2. The summed E-state index contributed by atoms with van der Waals surface area (Å²) in [5.74, 6) is 0.589. The Hall–Kier alpha value is -2.61. The average molecular weight is 227 g/mol. The highest BCUT2D eigenvalue weighted by Crippen LogP contribution is 2.28. The first-order valence-corrected chi connectivity index (χ1v) is 4.88. The number of methoxy groups -OCH3 is 1. The summed E-state index contributed by atoms with van der Waals surface area (Å²) in [6.45, 7) is 0. The predicted octanol–water partition coefficient (Wildman–Crippen LogP) is 1.32. The number of aromatic amines is 1. The molecule has 5 heteroatoms. The van der Waals surface area contributed by atoms with Crippen LogP contribution in [0.5, 0.6) is 5.75 Å². The SMILES string of the molecule is COc1ccc(C#N)cc1-c1ccnc(=O)[nH]1. The van der Waals surface area contributed by atoms with Crippen molar-refractivity contribution in [1.29, 1.82) is 5.26 Å². The Labute approximate surface area is 97.3 Å². The van der Waals surface area contributed by atoms with Gasteiger partial charge in [-0.1, -0.05) is 0 Å². The number of rotatable bonds is 2. The molecular weight excluding hydrogens is 218 g/mol. The number of benzene rings is 1. The van der Waals surface area contributed by atoms with Crippen LogP contribution in [-0.2, 0) is 0 Å². The van der Waals surface area contributed by atoms with Gasteiger partial charge in [-0.15, -0.1) is 0 Å². The quantitative estimate of drug-likeness (QED) is 0.839. The molecular formula is C12H9N3O2. The molecule has 0 saturated heterocycles. The fourth-order valence-electron chi connectivity index (χ4n) is 1.51. The fourth-order valence-corrected chi connectivity index (χ4v) is 1.51. The lowest BCUT2D eigenvalue weighted by Gasteiger charge is -2.08. The first-order valence-electron chi connectivity index (χ1n) is 4.88. The Morgan fingerprint density at radius 1 is 1.41 bits per heavy atom. The first kappa shape index (κ1) is 10.9. The normalized spacial score (nSPS) is 9.65. The van der Waals surface area contributed by atoms with Gasteiger partial charge in [0, 0.05) is 11.8 Å². The van der Waals surface area contributed by atoms with Crippen LogP contribution in [0.2, 0.25) is 0 Å². The van der Waals surface area contributed by atoms with Gasteiger partial charge in [0.2, 0.25) is 0 Å². The van der Waals surface area contributed by atoms with Crippen LogP contribution in [0, 0.1) is 11.3 Å². The third kappa shape index (κ3) is 2.16. The van der Waals surface area contributed by atoms with Crippen LogP contribution >= 0.6 is 0 Å². The van der Waals surface area contributed by atoms with E-state index in [1.54, 1.807) is 24.3 Å². The zero-order valence-corrected chi connectivity index (χ0v) is 9.10. The summed E-state index contributed by atoms with van der Waals surface area (Å²) < 4.78 is 5.19. The maximum atomic E-state index is 11.1. The molecule has 0 amide bonds. The van der Waals surface area contributed by atoms with Gasteiger partial charge >= 0.3 is 5.69 Å². The van der Waals surface area contributed by atoms with Crippen LogP contribution < -0.4 is 10.4 Å². The Bertz CT molecular complexity index is 641. The van der Waals surface area contributed by atoms with E-state index >= 15 is 0 Å². The molecule has 5 nitrogen and oxygen atoms in total. The largest absolute Gasteiger partial charge is 0.496 e. The van der Waals surface area contributed by atoms with Gasteiger partial charge in [0.05, 0.1) is 24.4 Å². The molecule has 0 aliphatic rings. The van der Waals surface area contributed by atoms with Gasteiger partial charge in [-0.05, 0) is 24.3 Å². The summed E-state index contributed by atoms with van der Waals surface area (Å²) in [4.78, 5) is 17.3. The molecule has 0 unspecified atom stereocenters. The molecule has 0 atom stereocenters. The van der Waals surface area contributed by atoms with Crippen molar-refractivity contribution in [3.8, 4) is 23.1 Å². The van der Waals surface area contributed by atoms with Crippen molar-refractivity contribution in [3.05, 3.63) is 46.5 Å². The first-order chi connectivity index (χ1) is 8.24. The number of hydrogen-bond acceptors (Lipinski definition) is 4. The highest BCUT2D eigenvalue weighted by atomic mass is 16.5. The van der Waals surface area contributed by atoms with E-state index in [-0.39, 0.29) is 0 Å². The second-order valence-electron chi connectivity index (χ2n) is 3.32. The van der Waals surface area contributed by atoms with Crippen LogP contribution in [0.1, 0.15) is 5.56 Å². The van der Waals surface area contributed by atoms with Crippen molar-refractivity contribution in [2.75, 3.05) is 7.11 Å². The van der Waals surface area contributed by atoms with E-state index in [0.717, 1.165) is 0 Å². The third-order valence-corrected chi connectivity index (χ3v) is 2.29. The van der Waals surface area contributed by atoms with Gasteiger partial charge in [-0.2, -0.15) is 5.26 Å². The molecule has 17 heavy (non-hydrogen) atoms. The molecule has 0 aliphatic heterocycles. The summed E-state index contributed by atoms with van der Waals surface area (Å²) in [5, 5.41) is 8.85. The average Bonchev–Trinajstić information content (AvgIpc) is 2.38. The zero-order valence-electron chi connectivity index (χ0n) is 9.10. The Balaban J connectivity index is 2.65. The van der Waals surface area contributed by atoms with E-state index in [1.165, 1.54) is 13.3 Å². The van der Waals surface area contributed by atoms with Crippen LogP contribution in [-0.4, -0.2) is 17.1 Å². The molecule has 0 fully saturated rings. The second kappa shape index (κ2) is 4.49. The van der Waals surface area contributed by atoms with Crippen molar-refractivity contribution >= 4 is 0 Å². The minimum absolute atomic E-state index is 0.438. The molecule has 2 aromatic rings. The van der Waals surface area contributed by atoms with Gasteiger partial charge < -0.3 is 9.72 Å². The van der Waals surface area contributed by atoms with Gasteiger partial charge in [-0.25, -0.2) is 9.78 Å². The zero-order chi connectivity index (χ0) is 12.3. The molecule has 1 aromatic carbocycles. The predicted molar refractivity (Wildman–Crippen MR) is 61.6 cm³/mol. The lowest BCUT2D eigenvalue weighted by Crippen LogP contribution is -2.09. The standard InChI is InChI=1S/C12H9N3O2/c1-17-11-3-2-8(7-13)6-9(11)10-4-5-14-12(16)15-10/h2-6H,1H3,(H,14,15,16). The van der Waals surface area contributed by atoms with Crippen LogP contribution in [0.4, 0.5) is 0 Å². The summed E-state index contributed by atoms with van der Waals surface area (Å²) >= 11 is 0. The molecule has 1 N–H and O–H groups in total. The maximum absolute atomic E-state index is 11.1. The van der Waals surface area contributed by atoms with Crippen molar-refractivity contribution in [1.82, 2.24) is 9.97 Å². The van der Waals surface area contributed by atoms with E-state index in [1.807, 2.05) is 6.07 Å². The lowest BCUT2D eigenvalue weighted by atomic mass is 10.1. The van der Waals surface area contributed by atoms with Crippen molar-refractivity contribution in [3.63, 3.8) is 0 Å². The number of ether oxygens (including phenoxy) is 1. The second-order valence-corrected chi connectivity index (χ2v) is 3.32. The molecule has 0 radical (unpaired) electrons. The van der Waals surface area contributed by atoms with E-state index < -0.39 is 5.69 Å². The van der Waals surface area contributed by atoms with Crippen molar-refractivity contribution in [2.24, 2.45) is 0 Å². The van der Waals surface area contributed by atoms with Crippen molar-refractivity contribution in [2.45, 2.75) is 0 Å². The molecule has 0 aliphatic carbocycles. The van der Waals surface area contributed by atoms with E-state index in [0.29, 0.717) is 22.6 Å². The molecule has 0 saturated carbocycles. The number of nitrogens with one attached hydrogen (secondary N) is 1. The number of nitriles is 1. The molecule has 1 heterocycles. The number of H-pyrrole nitrogens is 1. The minimum Gasteiger partial charge on any atom is -0.496 e. The molecule has 0 spiro atoms. The summed E-state index contributed by atoms with van der Waals surface area (Å²) in [7, 11) is 1.53. The van der Waals surface area contributed by atoms with Crippen LogP contribution in [0.3, 0.4) is 0 Å². The molecule has 84 valence electrons. The lowest BCUT2D eigenvalue weighted by molar-refractivity contribution is 0.416. The topological polar surface area (TPSA) is 78.8 Å². The Morgan fingerprint density at radius 2 is 2.24 bits per heavy atom. The van der Waals surface area contributed by atoms with Gasteiger partial charge in [0.1, 0.15) is 5.75 Å². The minimum atomic E-state index is -0.438. The van der Waals surface area contributed by atoms with Crippen molar-refractivity contribution < 1.29 is 4.74 Å². The van der Waals surface area contributed by atoms with Gasteiger partial charge in [-0.3, -0.25) is 0 Å². The summed E-state index contributed by atoms with van der Waals surface area (Å²) in [6, 6.07) is 8.69. The summed E-state index contributed by atoms with van der Waals surface area (Å²) in [6.07, 6.45) is 1.41. The van der Waals surface area contributed by atoms with Crippen LogP contribution in [0.25, 0.3) is 11.3 Å². The highest BCUT2D eigenvalue weighted by Gasteiger charge is 2.07. The number of nitrogens with zero attached hydrogens (tertiary/aromatic N) is 2. The Kier molecular flexibility index (Phi) is 2.88. The monoisotopic (exact) mass is 227 g/mol. The highest BCUT2D eigenvalue weighted by molar-refractivity contribution is 5.68. The summed E-state index contributed by atoms with van der Waals surface area (Å²) in [5.41, 5.74) is 1.29. The third-order valence-electron chi connectivity index (χ3n) is 2.29. The van der Waals surface area contributed by atoms with E-state index in [2.05, 4.69) is 9.97 Å². The maximum Gasteiger partial charge on any atom is 0.345 e. The van der Waals surface area contributed by atoms with E-state index in [4.69, 9.17) is 10.00 Å². The number of hydrogen-bond donors (Lipinski definition) is 1. The fraction of sp³-hybridized carbons (Fsp3) is 0.0833. The molecule has 2 rings (SSSR count). The van der Waals surface area contributed by atoms with Crippen LogP contribution in [0.15, 0.2) is 35.3 Å². The smallest absolute Gasteiger partial charge is 0.345 e. The van der Waals surface area contributed by atoms with Gasteiger partial charge in [0.25, 0.3) is 0 Å².